The van der Waals surface area contributed by atoms with E-state index in [9.17, 15) is 4.79 Å². The van der Waals surface area contributed by atoms with Crippen LogP contribution in [-0.2, 0) is 13.2 Å². The van der Waals surface area contributed by atoms with E-state index >= 15 is 0 Å². The van der Waals surface area contributed by atoms with Gasteiger partial charge >= 0.3 is 0 Å². The van der Waals surface area contributed by atoms with Crippen molar-refractivity contribution in [2.75, 3.05) is 12.4 Å². The van der Waals surface area contributed by atoms with Crippen molar-refractivity contribution >= 4 is 27.5 Å². The van der Waals surface area contributed by atoms with Crippen LogP contribution in [0, 0.1) is 0 Å². The molecule has 2 aromatic carbocycles. The number of halogens is 1. The summed E-state index contributed by atoms with van der Waals surface area (Å²) in [5.41, 5.74) is 1.70. The topological polar surface area (TPSA) is 78.5 Å². The number of aromatic nitrogens is 2. The molecule has 0 aliphatic rings. The minimum Gasteiger partial charge on any atom is -0.497 e. The van der Waals surface area contributed by atoms with Crippen LogP contribution in [0.3, 0.4) is 0 Å². The molecule has 2 aromatic heterocycles. The van der Waals surface area contributed by atoms with Gasteiger partial charge < -0.3 is 19.2 Å². The number of carbonyl (C=O) groups is 1. The zero-order valence-electron chi connectivity index (χ0n) is 16.7. The fourth-order valence-electron chi connectivity index (χ4n) is 2.89. The highest BCUT2D eigenvalue weighted by atomic mass is 79.9. The molecule has 0 fully saturated rings. The average molecular weight is 482 g/mol. The van der Waals surface area contributed by atoms with E-state index < -0.39 is 0 Å². The molecule has 4 aromatic rings. The van der Waals surface area contributed by atoms with Crippen molar-refractivity contribution in [2.45, 2.75) is 13.2 Å². The smallest absolute Gasteiger partial charge is 0.291 e. The van der Waals surface area contributed by atoms with E-state index in [0.29, 0.717) is 23.7 Å². The molecule has 158 valence electrons. The first-order valence-electron chi connectivity index (χ1n) is 9.53. The van der Waals surface area contributed by atoms with E-state index in [2.05, 4.69) is 26.3 Å². The number of ether oxygens (including phenoxy) is 2. The number of hydrogen-bond acceptors (Lipinski definition) is 5. The fraction of sp³-hybridized carbons (Fsp3) is 0.130. The van der Waals surface area contributed by atoms with E-state index in [1.165, 1.54) is 0 Å². The normalized spacial score (nSPS) is 10.6. The third-order valence-electron chi connectivity index (χ3n) is 4.47. The highest BCUT2D eigenvalue weighted by Crippen LogP contribution is 2.19. The fourth-order valence-corrected chi connectivity index (χ4v) is 3.15. The lowest BCUT2D eigenvalue weighted by Crippen LogP contribution is -2.10. The van der Waals surface area contributed by atoms with E-state index in [0.717, 1.165) is 15.8 Å². The van der Waals surface area contributed by atoms with Crippen molar-refractivity contribution in [1.82, 2.24) is 9.78 Å². The van der Waals surface area contributed by atoms with Crippen LogP contribution in [0.15, 0.2) is 81.9 Å². The molecule has 1 amide bonds. The number of nitrogens with zero attached hydrogens (tertiary/aromatic N) is 2. The van der Waals surface area contributed by atoms with Crippen LogP contribution in [0.1, 0.15) is 21.9 Å². The summed E-state index contributed by atoms with van der Waals surface area (Å²) in [5, 5.41) is 7.09. The summed E-state index contributed by atoms with van der Waals surface area (Å²) < 4.78 is 19.2. The van der Waals surface area contributed by atoms with Gasteiger partial charge in [0.1, 0.15) is 23.9 Å². The van der Waals surface area contributed by atoms with Gasteiger partial charge in [0, 0.05) is 10.7 Å². The molecule has 4 rings (SSSR count). The summed E-state index contributed by atoms with van der Waals surface area (Å²) in [5.74, 6) is 1.84. The van der Waals surface area contributed by atoms with Gasteiger partial charge in [-0.05, 0) is 54.1 Å². The van der Waals surface area contributed by atoms with Crippen molar-refractivity contribution in [3.8, 4) is 11.5 Å². The predicted molar refractivity (Wildman–Crippen MR) is 119 cm³/mol. The molecule has 0 bridgehead atoms. The maximum absolute atomic E-state index is 12.5. The number of furan rings is 1. The third-order valence-corrected chi connectivity index (χ3v) is 5.00. The number of amides is 1. The van der Waals surface area contributed by atoms with Crippen LogP contribution in [0.25, 0.3) is 0 Å². The van der Waals surface area contributed by atoms with E-state index in [1.54, 1.807) is 48.5 Å². The summed E-state index contributed by atoms with van der Waals surface area (Å²) in [4.78, 5) is 12.5. The van der Waals surface area contributed by atoms with Crippen LogP contribution >= 0.6 is 15.9 Å². The Balaban J connectivity index is 1.31. The first-order valence-corrected chi connectivity index (χ1v) is 10.3. The average Bonchev–Trinajstić information content (AvgIpc) is 3.44. The SMILES string of the molecule is COc1ccc(OCc2ccc(C(=O)Nc3cnn(Cc4ccc(Br)cc4)c3)o2)cc1. The maximum Gasteiger partial charge on any atom is 0.291 e. The third kappa shape index (κ3) is 5.55. The lowest BCUT2D eigenvalue weighted by Gasteiger charge is -2.05. The molecule has 0 saturated carbocycles. The molecule has 0 spiro atoms. The Morgan fingerprint density at radius 1 is 1.06 bits per heavy atom. The Labute approximate surface area is 187 Å². The lowest BCUT2D eigenvalue weighted by molar-refractivity contribution is 0.0992. The Morgan fingerprint density at radius 2 is 1.81 bits per heavy atom. The summed E-state index contributed by atoms with van der Waals surface area (Å²) in [6.45, 7) is 0.821. The standard InChI is InChI=1S/C23H20BrN3O4/c1-29-19-6-8-20(9-7-19)30-15-21-10-11-22(31-21)23(28)26-18-12-25-27(14-18)13-16-2-4-17(24)5-3-16/h2-12,14H,13,15H2,1H3,(H,26,28). The molecule has 0 aliphatic carbocycles. The number of rotatable bonds is 8. The molecule has 0 radical (unpaired) electrons. The molecule has 1 N–H and O–H groups in total. The zero-order chi connectivity index (χ0) is 21.6. The second-order valence-corrected chi connectivity index (χ2v) is 7.65. The van der Waals surface area contributed by atoms with Crippen LogP contribution in [0.2, 0.25) is 0 Å². The minimum atomic E-state index is -0.348. The van der Waals surface area contributed by atoms with Crippen molar-refractivity contribution in [1.29, 1.82) is 0 Å². The molecule has 31 heavy (non-hydrogen) atoms. The van der Waals surface area contributed by atoms with Crippen molar-refractivity contribution < 1.29 is 18.7 Å². The quantitative estimate of drug-likeness (QED) is 0.377. The highest BCUT2D eigenvalue weighted by Gasteiger charge is 2.13. The molecule has 0 aliphatic heterocycles. The lowest BCUT2D eigenvalue weighted by atomic mass is 10.2. The van der Waals surface area contributed by atoms with Gasteiger partial charge in [0.15, 0.2) is 5.76 Å². The first-order chi connectivity index (χ1) is 15.1. The Kier molecular flexibility index (Phi) is 6.37. The summed E-state index contributed by atoms with van der Waals surface area (Å²) >= 11 is 3.42. The second-order valence-electron chi connectivity index (χ2n) is 6.74. The Morgan fingerprint density at radius 3 is 2.55 bits per heavy atom. The number of anilines is 1. The van der Waals surface area contributed by atoms with Gasteiger partial charge in [-0.3, -0.25) is 9.48 Å². The second kappa shape index (κ2) is 9.53. The monoisotopic (exact) mass is 481 g/mol. The molecule has 2 heterocycles. The van der Waals surface area contributed by atoms with Crippen LogP contribution < -0.4 is 14.8 Å². The highest BCUT2D eigenvalue weighted by molar-refractivity contribution is 9.10. The van der Waals surface area contributed by atoms with Crippen molar-refractivity contribution in [2.24, 2.45) is 0 Å². The number of benzene rings is 2. The van der Waals surface area contributed by atoms with Crippen LogP contribution in [-0.4, -0.2) is 22.8 Å². The van der Waals surface area contributed by atoms with Gasteiger partial charge in [0.2, 0.25) is 0 Å². The predicted octanol–water partition coefficient (Wildman–Crippen LogP) is 5.13. The number of nitrogens with one attached hydrogen (secondary N) is 1. The molecule has 7 nitrogen and oxygen atoms in total. The van der Waals surface area contributed by atoms with Gasteiger partial charge in [0.05, 0.1) is 25.5 Å². The molecule has 0 unspecified atom stereocenters. The van der Waals surface area contributed by atoms with E-state index in [4.69, 9.17) is 13.9 Å². The molecular formula is C23H20BrN3O4. The van der Waals surface area contributed by atoms with Crippen molar-refractivity contribution in [3.05, 3.63) is 94.6 Å². The van der Waals surface area contributed by atoms with Crippen LogP contribution in [0.5, 0.6) is 11.5 Å². The molecule has 8 heteroatoms. The summed E-state index contributed by atoms with van der Waals surface area (Å²) in [6, 6.07) is 18.6. The van der Waals surface area contributed by atoms with Gasteiger partial charge in [-0.1, -0.05) is 28.1 Å². The summed E-state index contributed by atoms with van der Waals surface area (Å²) in [7, 11) is 1.61. The van der Waals surface area contributed by atoms with Gasteiger partial charge in [-0.25, -0.2) is 0 Å². The molecular weight excluding hydrogens is 462 g/mol. The Hall–Kier alpha value is -3.52. The number of methoxy groups -OCH3 is 1. The van der Waals surface area contributed by atoms with E-state index in [1.807, 2.05) is 36.4 Å². The minimum absolute atomic E-state index is 0.203. The maximum atomic E-state index is 12.5. The Bertz CT molecular complexity index is 1150. The summed E-state index contributed by atoms with van der Waals surface area (Å²) in [6.07, 6.45) is 3.38. The number of carbonyl (C=O) groups excluding carboxylic acids is 1. The zero-order valence-corrected chi connectivity index (χ0v) is 18.3. The van der Waals surface area contributed by atoms with E-state index in [-0.39, 0.29) is 18.3 Å². The van der Waals surface area contributed by atoms with Gasteiger partial charge in [0.25, 0.3) is 5.91 Å². The first kappa shape index (κ1) is 20.7. The largest absolute Gasteiger partial charge is 0.497 e. The number of hydrogen-bond donors (Lipinski definition) is 1. The van der Waals surface area contributed by atoms with Gasteiger partial charge in [-0.15, -0.1) is 0 Å². The molecule has 0 atom stereocenters. The van der Waals surface area contributed by atoms with Crippen molar-refractivity contribution in [3.63, 3.8) is 0 Å². The van der Waals surface area contributed by atoms with Gasteiger partial charge in [-0.2, -0.15) is 5.10 Å². The molecule has 0 saturated heterocycles. The van der Waals surface area contributed by atoms with Crippen LogP contribution in [0.4, 0.5) is 5.69 Å².